The van der Waals surface area contributed by atoms with E-state index in [1.165, 1.54) is 0 Å². The number of piperidine rings is 1. The van der Waals surface area contributed by atoms with E-state index in [0.29, 0.717) is 12.1 Å². The van der Waals surface area contributed by atoms with E-state index in [-0.39, 0.29) is 11.5 Å². The van der Waals surface area contributed by atoms with Crippen molar-refractivity contribution in [2.24, 2.45) is 5.92 Å². The number of likely N-dealkylation sites (tertiary alicyclic amines) is 1. The highest BCUT2D eigenvalue weighted by Crippen LogP contribution is 2.34. The average Bonchev–Trinajstić information content (AvgIpc) is 2.38. The third-order valence-electron chi connectivity index (χ3n) is 5.06. The molecule has 0 radical (unpaired) electrons. The maximum absolute atomic E-state index is 11.1. The normalized spacial score (nSPS) is 41.1. The Hall–Kier alpha value is -0.610. The Morgan fingerprint density at radius 1 is 1.47 bits per heavy atom. The van der Waals surface area contributed by atoms with Crippen molar-refractivity contribution in [3.63, 3.8) is 0 Å². The Labute approximate surface area is 116 Å². The lowest BCUT2D eigenvalue weighted by molar-refractivity contribution is -0.146. The fourth-order valence-corrected chi connectivity index (χ4v) is 3.59. The summed E-state index contributed by atoms with van der Waals surface area (Å²) in [7, 11) is 0. The molecule has 2 rings (SSSR count). The molecule has 0 amide bonds. The van der Waals surface area contributed by atoms with E-state index in [9.17, 15) is 4.79 Å². The quantitative estimate of drug-likeness (QED) is 0.855. The van der Waals surface area contributed by atoms with Crippen molar-refractivity contribution in [3.05, 3.63) is 0 Å². The molecule has 2 heterocycles. The standard InChI is InChI=1S/C15H27NO3/c1-4-15(3)10-13(6-8-19-15)16-7-5-12(14(17)18)9-11(16)2/h11-13H,4-10H2,1-3H3,(H,17,18). The number of rotatable bonds is 3. The molecule has 2 saturated heterocycles. The summed E-state index contributed by atoms with van der Waals surface area (Å²) in [6.07, 6.45) is 4.78. The van der Waals surface area contributed by atoms with E-state index in [4.69, 9.17) is 9.84 Å². The third kappa shape index (κ3) is 3.29. The molecule has 4 atom stereocenters. The van der Waals surface area contributed by atoms with Crippen molar-refractivity contribution >= 4 is 5.97 Å². The number of hydrogen-bond acceptors (Lipinski definition) is 3. The van der Waals surface area contributed by atoms with Gasteiger partial charge in [-0.25, -0.2) is 0 Å². The fourth-order valence-electron chi connectivity index (χ4n) is 3.59. The first kappa shape index (κ1) is 14.8. The molecule has 2 fully saturated rings. The van der Waals surface area contributed by atoms with Gasteiger partial charge in [0.2, 0.25) is 0 Å². The molecular weight excluding hydrogens is 242 g/mol. The third-order valence-corrected chi connectivity index (χ3v) is 5.06. The zero-order valence-corrected chi connectivity index (χ0v) is 12.4. The molecule has 0 aliphatic carbocycles. The molecule has 0 spiro atoms. The van der Waals surface area contributed by atoms with Crippen LogP contribution in [0.3, 0.4) is 0 Å². The van der Waals surface area contributed by atoms with Crippen LogP contribution in [0.5, 0.6) is 0 Å². The molecular formula is C15H27NO3. The zero-order chi connectivity index (χ0) is 14.0. The maximum atomic E-state index is 11.1. The predicted molar refractivity (Wildman–Crippen MR) is 74.2 cm³/mol. The summed E-state index contributed by atoms with van der Waals surface area (Å²) in [5.74, 6) is -0.777. The van der Waals surface area contributed by atoms with Crippen LogP contribution in [-0.2, 0) is 9.53 Å². The predicted octanol–water partition coefficient (Wildman–Crippen LogP) is 2.52. The molecule has 1 N–H and O–H groups in total. The van der Waals surface area contributed by atoms with Crippen LogP contribution in [0.1, 0.15) is 52.9 Å². The van der Waals surface area contributed by atoms with Crippen molar-refractivity contribution in [1.82, 2.24) is 4.90 Å². The second kappa shape index (κ2) is 5.80. The number of ether oxygens (including phenoxy) is 1. The van der Waals surface area contributed by atoms with Gasteiger partial charge in [-0.15, -0.1) is 0 Å². The lowest BCUT2D eigenvalue weighted by Gasteiger charge is -2.47. The highest BCUT2D eigenvalue weighted by atomic mass is 16.5. The van der Waals surface area contributed by atoms with Crippen LogP contribution in [-0.4, -0.2) is 46.8 Å². The van der Waals surface area contributed by atoms with Crippen LogP contribution in [0.2, 0.25) is 0 Å². The average molecular weight is 269 g/mol. The lowest BCUT2D eigenvalue weighted by atomic mass is 9.85. The molecule has 0 aromatic rings. The maximum Gasteiger partial charge on any atom is 0.306 e. The summed E-state index contributed by atoms with van der Waals surface area (Å²) < 4.78 is 5.91. The van der Waals surface area contributed by atoms with Gasteiger partial charge >= 0.3 is 5.97 Å². The smallest absolute Gasteiger partial charge is 0.306 e. The monoisotopic (exact) mass is 269 g/mol. The van der Waals surface area contributed by atoms with Crippen molar-refractivity contribution < 1.29 is 14.6 Å². The van der Waals surface area contributed by atoms with Crippen molar-refractivity contribution in [1.29, 1.82) is 0 Å². The molecule has 0 saturated carbocycles. The van der Waals surface area contributed by atoms with Gasteiger partial charge in [-0.05, 0) is 52.5 Å². The second-order valence-corrected chi connectivity index (χ2v) is 6.44. The summed E-state index contributed by atoms with van der Waals surface area (Å²) in [5.41, 5.74) is 0.00623. The lowest BCUT2D eigenvalue weighted by Crippen LogP contribution is -2.53. The molecule has 19 heavy (non-hydrogen) atoms. The summed E-state index contributed by atoms with van der Waals surface area (Å²) in [5, 5.41) is 9.14. The van der Waals surface area contributed by atoms with Crippen LogP contribution < -0.4 is 0 Å². The van der Waals surface area contributed by atoms with Crippen LogP contribution in [0.15, 0.2) is 0 Å². The summed E-state index contributed by atoms with van der Waals surface area (Å²) in [6, 6.07) is 0.933. The molecule has 2 aliphatic rings. The number of carbonyl (C=O) groups is 1. The van der Waals surface area contributed by atoms with Crippen LogP contribution in [0.4, 0.5) is 0 Å². The van der Waals surface area contributed by atoms with Gasteiger partial charge in [0.25, 0.3) is 0 Å². The first-order valence-electron chi connectivity index (χ1n) is 7.57. The van der Waals surface area contributed by atoms with E-state index in [1.807, 2.05) is 0 Å². The van der Waals surface area contributed by atoms with Gasteiger partial charge in [-0.3, -0.25) is 9.69 Å². The first-order valence-corrected chi connectivity index (χ1v) is 7.57. The van der Waals surface area contributed by atoms with E-state index in [0.717, 1.165) is 45.3 Å². The zero-order valence-electron chi connectivity index (χ0n) is 12.4. The molecule has 0 aromatic carbocycles. The number of carboxylic acid groups (broad SMARTS) is 1. The van der Waals surface area contributed by atoms with Gasteiger partial charge in [-0.2, -0.15) is 0 Å². The molecule has 4 heteroatoms. The van der Waals surface area contributed by atoms with Gasteiger partial charge in [0, 0.05) is 18.7 Å². The van der Waals surface area contributed by atoms with Crippen LogP contribution >= 0.6 is 0 Å². The Kier molecular flexibility index (Phi) is 4.51. The minimum Gasteiger partial charge on any atom is -0.481 e. The molecule has 0 aromatic heterocycles. The molecule has 4 unspecified atom stereocenters. The van der Waals surface area contributed by atoms with Gasteiger partial charge in [0.1, 0.15) is 0 Å². The van der Waals surface area contributed by atoms with E-state index in [2.05, 4.69) is 25.7 Å². The van der Waals surface area contributed by atoms with Crippen LogP contribution in [0, 0.1) is 5.92 Å². The Morgan fingerprint density at radius 3 is 2.79 bits per heavy atom. The number of carboxylic acids is 1. The minimum atomic E-state index is -0.628. The Morgan fingerprint density at radius 2 is 2.21 bits per heavy atom. The summed E-state index contributed by atoms with van der Waals surface area (Å²) in [6.45, 7) is 8.31. The van der Waals surface area contributed by atoms with Gasteiger partial charge in [-0.1, -0.05) is 6.92 Å². The van der Waals surface area contributed by atoms with Crippen molar-refractivity contribution in [3.8, 4) is 0 Å². The SMILES string of the molecule is CCC1(C)CC(N2CCC(C(=O)O)CC2C)CCO1. The number of nitrogens with zero attached hydrogens (tertiary/aromatic N) is 1. The first-order chi connectivity index (χ1) is 8.95. The van der Waals surface area contributed by atoms with Crippen molar-refractivity contribution in [2.45, 2.75) is 70.6 Å². The summed E-state index contributed by atoms with van der Waals surface area (Å²) in [4.78, 5) is 13.6. The van der Waals surface area contributed by atoms with E-state index < -0.39 is 5.97 Å². The minimum absolute atomic E-state index is 0.00623. The van der Waals surface area contributed by atoms with E-state index in [1.54, 1.807) is 0 Å². The fraction of sp³-hybridized carbons (Fsp3) is 0.933. The molecule has 0 bridgehead atoms. The van der Waals surface area contributed by atoms with Gasteiger partial charge < -0.3 is 9.84 Å². The van der Waals surface area contributed by atoms with Crippen molar-refractivity contribution in [2.75, 3.05) is 13.2 Å². The van der Waals surface area contributed by atoms with Gasteiger partial charge in [0.15, 0.2) is 0 Å². The largest absolute Gasteiger partial charge is 0.481 e. The van der Waals surface area contributed by atoms with Gasteiger partial charge in [0.05, 0.1) is 11.5 Å². The summed E-state index contributed by atoms with van der Waals surface area (Å²) >= 11 is 0. The molecule has 2 aliphatic heterocycles. The molecule has 110 valence electrons. The second-order valence-electron chi connectivity index (χ2n) is 6.44. The Balaban J connectivity index is 1.97. The highest BCUT2D eigenvalue weighted by Gasteiger charge is 2.39. The number of hydrogen-bond donors (Lipinski definition) is 1. The topological polar surface area (TPSA) is 49.8 Å². The Bertz CT molecular complexity index is 333. The number of aliphatic carboxylic acids is 1. The molecule has 4 nitrogen and oxygen atoms in total. The van der Waals surface area contributed by atoms with E-state index >= 15 is 0 Å². The highest BCUT2D eigenvalue weighted by molar-refractivity contribution is 5.70. The van der Waals surface area contributed by atoms with Crippen LogP contribution in [0.25, 0.3) is 0 Å².